The summed E-state index contributed by atoms with van der Waals surface area (Å²) in [5, 5.41) is 21.5. The fourth-order valence-corrected chi connectivity index (χ4v) is 2.92. The number of aryl methyl sites for hydroxylation is 1. The van der Waals surface area contributed by atoms with E-state index in [1.54, 1.807) is 6.07 Å². The molecule has 4 nitrogen and oxygen atoms in total. The lowest BCUT2D eigenvalue weighted by Crippen LogP contribution is -2.41. The lowest BCUT2D eigenvalue weighted by atomic mass is 9.73. The Balaban J connectivity index is 2.57. The minimum absolute atomic E-state index is 0.151. The van der Waals surface area contributed by atoms with Gasteiger partial charge < -0.3 is 19.5 Å². The number of unbranched alkanes of at least 4 members (excludes halogenated alkanes) is 1. The number of rotatable bonds is 6. The summed E-state index contributed by atoms with van der Waals surface area (Å²) in [6, 6.07) is 1.66. The summed E-state index contributed by atoms with van der Waals surface area (Å²) in [6.07, 6.45) is 7.29. The van der Waals surface area contributed by atoms with Crippen LogP contribution in [0.4, 0.5) is 0 Å². The molecule has 1 aliphatic heterocycles. The molecular weight excluding hydrogens is 315 g/mol. The van der Waals surface area contributed by atoms with E-state index in [-0.39, 0.29) is 11.5 Å². The highest BCUT2D eigenvalue weighted by molar-refractivity contribution is 6.64. The maximum absolute atomic E-state index is 10.9. The van der Waals surface area contributed by atoms with Crippen LogP contribution in [0.1, 0.15) is 71.9 Å². The third-order valence-electron chi connectivity index (χ3n) is 5.25. The summed E-state index contributed by atoms with van der Waals surface area (Å²) in [7, 11) is -0.714. The lowest BCUT2D eigenvalue weighted by Gasteiger charge is -2.32. The van der Waals surface area contributed by atoms with Gasteiger partial charge in [0.05, 0.1) is 11.2 Å². The van der Waals surface area contributed by atoms with Gasteiger partial charge in [-0.15, -0.1) is 0 Å². The first-order valence-electron chi connectivity index (χ1n) is 9.24. The second kappa shape index (κ2) is 7.42. The topological polar surface area (TPSA) is 58.9 Å². The average Bonchev–Trinajstić information content (AvgIpc) is 2.73. The molecule has 5 heteroatoms. The van der Waals surface area contributed by atoms with Gasteiger partial charge in [-0.05, 0) is 58.6 Å². The molecule has 0 unspecified atom stereocenters. The maximum atomic E-state index is 10.9. The molecular formula is C20H31BO4. The first kappa shape index (κ1) is 19.9. The van der Waals surface area contributed by atoms with Crippen LogP contribution < -0.4 is 5.46 Å². The maximum Gasteiger partial charge on any atom is 0.499 e. The quantitative estimate of drug-likeness (QED) is 0.600. The molecule has 0 atom stereocenters. The number of hydrogen-bond acceptors (Lipinski definition) is 4. The van der Waals surface area contributed by atoms with Gasteiger partial charge in [-0.2, -0.15) is 0 Å². The van der Waals surface area contributed by atoms with E-state index in [1.807, 2.05) is 46.8 Å². The number of hydrogen-bond donors (Lipinski definition) is 2. The zero-order valence-corrected chi connectivity index (χ0v) is 16.3. The van der Waals surface area contributed by atoms with E-state index in [4.69, 9.17) is 9.31 Å². The number of phenols is 2. The SMILES string of the molecule is CC/C=C/c1c(O)cc(CCCC)c(O)c1B1OC(C)(C)C(C)(C)O1. The molecule has 0 aromatic heterocycles. The van der Waals surface area contributed by atoms with Crippen molar-refractivity contribution in [2.75, 3.05) is 0 Å². The first-order chi connectivity index (χ1) is 11.6. The molecule has 0 bridgehead atoms. The second-order valence-electron chi connectivity index (χ2n) is 7.73. The molecule has 1 aromatic carbocycles. The Morgan fingerprint density at radius 3 is 2.20 bits per heavy atom. The predicted octanol–water partition coefficient (Wildman–Crippen LogP) is 4.16. The van der Waals surface area contributed by atoms with Crippen LogP contribution in [0, 0.1) is 0 Å². The highest BCUT2D eigenvalue weighted by Crippen LogP contribution is 2.39. The van der Waals surface area contributed by atoms with Gasteiger partial charge in [-0.3, -0.25) is 0 Å². The van der Waals surface area contributed by atoms with Crippen LogP contribution >= 0.6 is 0 Å². The average molecular weight is 346 g/mol. The molecule has 138 valence electrons. The Morgan fingerprint density at radius 1 is 1.08 bits per heavy atom. The van der Waals surface area contributed by atoms with Crippen molar-refractivity contribution in [1.82, 2.24) is 0 Å². The molecule has 1 fully saturated rings. The van der Waals surface area contributed by atoms with Gasteiger partial charge in [0, 0.05) is 11.0 Å². The Labute approximate surface area is 152 Å². The van der Waals surface area contributed by atoms with E-state index in [9.17, 15) is 10.2 Å². The zero-order valence-electron chi connectivity index (χ0n) is 16.3. The van der Waals surface area contributed by atoms with Crippen LogP contribution in [0.5, 0.6) is 11.5 Å². The molecule has 2 N–H and O–H groups in total. The summed E-state index contributed by atoms with van der Waals surface area (Å²) in [5.41, 5.74) is 0.806. The van der Waals surface area contributed by atoms with Crippen molar-refractivity contribution < 1.29 is 19.5 Å². The number of allylic oxidation sites excluding steroid dienone is 1. The highest BCUT2D eigenvalue weighted by atomic mass is 16.7. The first-order valence-corrected chi connectivity index (χ1v) is 9.24. The fraction of sp³-hybridized carbons (Fsp3) is 0.600. The van der Waals surface area contributed by atoms with Crippen LogP contribution in [0.15, 0.2) is 12.1 Å². The molecule has 25 heavy (non-hydrogen) atoms. The molecule has 0 saturated carbocycles. The molecule has 0 spiro atoms. The summed E-state index contributed by atoms with van der Waals surface area (Å²) < 4.78 is 12.3. The minimum atomic E-state index is -0.714. The fourth-order valence-electron chi connectivity index (χ4n) is 2.92. The molecule has 1 aliphatic rings. The standard InChI is InChI=1S/C20H31BO4/c1-7-9-11-14-13-16(22)15(12-10-8-2)17(18(14)23)21-24-19(3,4)20(5,6)25-21/h10,12-13,22-23H,7-9,11H2,1-6H3/b12-10+. The van der Waals surface area contributed by atoms with Gasteiger partial charge in [0.1, 0.15) is 11.5 Å². The normalized spacial score (nSPS) is 19.0. The minimum Gasteiger partial charge on any atom is -0.508 e. The van der Waals surface area contributed by atoms with Gasteiger partial charge >= 0.3 is 7.12 Å². The van der Waals surface area contributed by atoms with Crippen LogP contribution in [-0.4, -0.2) is 28.5 Å². The number of benzene rings is 1. The van der Waals surface area contributed by atoms with Gasteiger partial charge in [0.15, 0.2) is 0 Å². The van der Waals surface area contributed by atoms with Crippen molar-refractivity contribution in [2.45, 2.75) is 78.4 Å². The van der Waals surface area contributed by atoms with Crippen molar-refractivity contribution in [3.8, 4) is 11.5 Å². The lowest BCUT2D eigenvalue weighted by molar-refractivity contribution is 0.00578. The molecule has 0 aliphatic carbocycles. The Hall–Kier alpha value is -1.46. The van der Waals surface area contributed by atoms with Crippen LogP contribution in [-0.2, 0) is 15.7 Å². The van der Waals surface area contributed by atoms with Gasteiger partial charge in [-0.1, -0.05) is 32.4 Å². The molecule has 1 aromatic rings. The molecule has 1 saturated heterocycles. The molecule has 2 rings (SSSR count). The summed E-state index contributed by atoms with van der Waals surface area (Å²) >= 11 is 0. The van der Waals surface area contributed by atoms with E-state index in [0.717, 1.165) is 24.8 Å². The third kappa shape index (κ3) is 3.88. The molecule has 1 heterocycles. The van der Waals surface area contributed by atoms with E-state index in [2.05, 4.69) is 6.92 Å². The zero-order chi connectivity index (χ0) is 18.8. The summed E-state index contributed by atoms with van der Waals surface area (Å²) in [6.45, 7) is 12.0. The Morgan fingerprint density at radius 2 is 1.68 bits per heavy atom. The second-order valence-corrected chi connectivity index (χ2v) is 7.73. The van der Waals surface area contributed by atoms with Gasteiger partial charge in [-0.25, -0.2) is 0 Å². The van der Waals surface area contributed by atoms with E-state index < -0.39 is 18.3 Å². The van der Waals surface area contributed by atoms with E-state index in [0.29, 0.717) is 17.4 Å². The third-order valence-corrected chi connectivity index (χ3v) is 5.25. The van der Waals surface area contributed by atoms with Crippen molar-refractivity contribution in [3.63, 3.8) is 0 Å². The molecule has 0 radical (unpaired) electrons. The Kier molecular flexibility index (Phi) is 5.90. The van der Waals surface area contributed by atoms with Crippen molar-refractivity contribution in [1.29, 1.82) is 0 Å². The van der Waals surface area contributed by atoms with Gasteiger partial charge in [0.25, 0.3) is 0 Å². The van der Waals surface area contributed by atoms with Crippen LogP contribution in [0.25, 0.3) is 6.08 Å². The highest BCUT2D eigenvalue weighted by Gasteiger charge is 2.53. The molecule has 0 amide bonds. The summed E-state index contributed by atoms with van der Waals surface area (Å²) in [4.78, 5) is 0. The predicted molar refractivity (Wildman–Crippen MR) is 103 cm³/mol. The summed E-state index contributed by atoms with van der Waals surface area (Å²) in [5.74, 6) is 0.318. The van der Waals surface area contributed by atoms with E-state index in [1.165, 1.54) is 0 Å². The largest absolute Gasteiger partial charge is 0.508 e. The Bertz CT molecular complexity index is 634. The monoisotopic (exact) mass is 346 g/mol. The smallest absolute Gasteiger partial charge is 0.499 e. The van der Waals surface area contributed by atoms with Crippen molar-refractivity contribution in [2.24, 2.45) is 0 Å². The number of phenolic OH excluding ortho intramolecular Hbond substituents is 2. The van der Waals surface area contributed by atoms with Crippen LogP contribution in [0.2, 0.25) is 0 Å². The van der Waals surface area contributed by atoms with Gasteiger partial charge in [0.2, 0.25) is 0 Å². The van der Waals surface area contributed by atoms with Crippen LogP contribution in [0.3, 0.4) is 0 Å². The van der Waals surface area contributed by atoms with Crippen molar-refractivity contribution in [3.05, 3.63) is 23.3 Å². The van der Waals surface area contributed by atoms with Crippen molar-refractivity contribution >= 4 is 18.7 Å². The number of aromatic hydroxyl groups is 2. The van der Waals surface area contributed by atoms with E-state index >= 15 is 0 Å².